The number of hydrogen-bond donors (Lipinski definition) is 1. The molecule has 1 N–H and O–H groups in total. The lowest BCUT2D eigenvalue weighted by molar-refractivity contribution is 0.279. The molecule has 0 aromatic rings. The van der Waals surface area contributed by atoms with E-state index in [1.54, 1.807) is 0 Å². The zero-order chi connectivity index (χ0) is 12.4. The van der Waals surface area contributed by atoms with Gasteiger partial charge in [0, 0.05) is 13.1 Å². The van der Waals surface area contributed by atoms with Crippen LogP contribution in [0.4, 0.5) is 0 Å². The van der Waals surface area contributed by atoms with Crippen molar-refractivity contribution < 1.29 is 0 Å². The second kappa shape index (κ2) is 9.20. The van der Waals surface area contributed by atoms with Gasteiger partial charge in [-0.25, -0.2) is 0 Å². The molecule has 0 radical (unpaired) electrons. The minimum atomic E-state index is -1.09. The van der Waals surface area contributed by atoms with Gasteiger partial charge in [-0.3, -0.25) is 0 Å². The first-order chi connectivity index (χ1) is 7.61. The van der Waals surface area contributed by atoms with Gasteiger partial charge in [-0.15, -0.1) is 0 Å². The predicted octanol–water partition coefficient (Wildman–Crippen LogP) is 3.31. The maximum absolute atomic E-state index is 3.84. The van der Waals surface area contributed by atoms with Gasteiger partial charge in [0.15, 0.2) is 0 Å². The third-order valence-corrected chi connectivity index (χ3v) is 7.85. The van der Waals surface area contributed by atoms with Crippen molar-refractivity contribution in [1.82, 2.24) is 9.88 Å². The van der Waals surface area contributed by atoms with Crippen LogP contribution in [0.3, 0.4) is 0 Å². The summed E-state index contributed by atoms with van der Waals surface area (Å²) in [5, 5.41) is 0. The highest BCUT2D eigenvalue weighted by atomic mass is 28.3. The van der Waals surface area contributed by atoms with E-state index >= 15 is 0 Å². The Bertz CT molecular complexity index is 152. The average Bonchev–Trinajstić information content (AvgIpc) is 2.29. The first kappa shape index (κ1) is 16.1. The molecule has 16 heavy (non-hydrogen) atoms. The average molecular weight is 244 g/mol. The Labute approximate surface area is 104 Å². The maximum atomic E-state index is 3.84. The molecule has 0 aliphatic heterocycles. The molecular formula is C13H32N2Si. The van der Waals surface area contributed by atoms with Crippen molar-refractivity contribution in [3.8, 4) is 0 Å². The molecule has 0 aromatic heterocycles. The summed E-state index contributed by atoms with van der Waals surface area (Å²) >= 11 is 0. The zero-order valence-corrected chi connectivity index (χ0v) is 13.1. The fraction of sp³-hybridized carbons (Fsp3) is 1.00. The summed E-state index contributed by atoms with van der Waals surface area (Å²) in [5.74, 6) is 0. The largest absolute Gasteiger partial charge is 0.336 e. The molecule has 98 valence electrons. The minimum absolute atomic E-state index is 1.09. The van der Waals surface area contributed by atoms with E-state index in [-0.39, 0.29) is 0 Å². The second-order valence-corrected chi connectivity index (χ2v) is 9.93. The molecule has 0 heterocycles. The van der Waals surface area contributed by atoms with Crippen molar-refractivity contribution >= 4 is 8.24 Å². The van der Waals surface area contributed by atoms with E-state index in [1.165, 1.54) is 51.1 Å². The third kappa shape index (κ3) is 6.66. The minimum Gasteiger partial charge on any atom is -0.336 e. The van der Waals surface area contributed by atoms with E-state index in [2.05, 4.69) is 44.1 Å². The molecule has 0 atom stereocenters. The normalized spacial score (nSPS) is 12.4. The molecule has 3 heteroatoms. The smallest absolute Gasteiger partial charge is 0.122 e. The molecule has 0 spiro atoms. The van der Waals surface area contributed by atoms with Crippen LogP contribution in [0.15, 0.2) is 0 Å². The van der Waals surface area contributed by atoms with Crippen LogP contribution in [0.25, 0.3) is 0 Å². The second-order valence-electron chi connectivity index (χ2n) is 5.04. The topological polar surface area (TPSA) is 15.3 Å². The van der Waals surface area contributed by atoms with E-state index in [1.807, 2.05) is 0 Å². The summed E-state index contributed by atoms with van der Waals surface area (Å²) in [6, 6.07) is 2.70. The van der Waals surface area contributed by atoms with Gasteiger partial charge in [0.2, 0.25) is 0 Å². The van der Waals surface area contributed by atoms with Crippen LogP contribution in [0.2, 0.25) is 18.6 Å². The molecule has 0 fully saturated rings. The van der Waals surface area contributed by atoms with Gasteiger partial charge >= 0.3 is 0 Å². The lowest BCUT2D eigenvalue weighted by Crippen LogP contribution is -2.49. The van der Waals surface area contributed by atoms with Crippen molar-refractivity contribution in [3.05, 3.63) is 0 Å². The number of nitrogens with zero attached hydrogens (tertiary/aromatic N) is 1. The van der Waals surface area contributed by atoms with Gasteiger partial charge in [0.05, 0.1) is 0 Å². The number of nitrogens with one attached hydrogen (secondary N) is 1. The Morgan fingerprint density at radius 2 is 1.38 bits per heavy atom. The Morgan fingerprint density at radius 1 is 0.875 bits per heavy atom. The first-order valence-corrected chi connectivity index (χ1v) is 10.0. The summed E-state index contributed by atoms with van der Waals surface area (Å²) in [6.07, 6.45) is 2.55. The fourth-order valence-electron chi connectivity index (χ4n) is 1.98. The van der Waals surface area contributed by atoms with E-state index in [0.29, 0.717) is 0 Å². The summed E-state index contributed by atoms with van der Waals surface area (Å²) in [6.45, 7) is 16.6. The highest BCUT2D eigenvalue weighted by molar-refractivity contribution is 6.76. The summed E-state index contributed by atoms with van der Waals surface area (Å²) in [4.78, 5) is 6.43. The Balaban J connectivity index is 3.83. The van der Waals surface area contributed by atoms with E-state index < -0.39 is 8.24 Å². The van der Waals surface area contributed by atoms with Crippen LogP contribution in [0.5, 0.6) is 0 Å². The van der Waals surface area contributed by atoms with Gasteiger partial charge < -0.3 is 9.88 Å². The van der Waals surface area contributed by atoms with Gasteiger partial charge in [-0.2, -0.15) is 0 Å². The van der Waals surface area contributed by atoms with Crippen LogP contribution >= 0.6 is 0 Å². The van der Waals surface area contributed by atoms with Crippen LogP contribution in [0.1, 0.15) is 40.5 Å². The van der Waals surface area contributed by atoms with Crippen molar-refractivity contribution in [2.45, 2.75) is 59.2 Å². The highest BCUT2D eigenvalue weighted by Gasteiger charge is 2.21. The Morgan fingerprint density at radius 3 is 1.75 bits per heavy atom. The molecule has 0 rings (SSSR count). The molecule has 0 bridgehead atoms. The standard InChI is InChI=1S/C13H32N2Si/c1-6-11-15(12-7-2)13-10-14-16(5,8-3)9-4/h14H,6-13H2,1-5H3. The summed E-state index contributed by atoms with van der Waals surface area (Å²) < 4.78 is 0. The van der Waals surface area contributed by atoms with Crippen molar-refractivity contribution in [1.29, 1.82) is 0 Å². The fourth-order valence-corrected chi connectivity index (χ4v) is 3.70. The molecule has 2 nitrogen and oxygen atoms in total. The van der Waals surface area contributed by atoms with Gasteiger partial charge in [0.1, 0.15) is 8.24 Å². The van der Waals surface area contributed by atoms with Crippen molar-refractivity contribution in [2.24, 2.45) is 0 Å². The Kier molecular flexibility index (Phi) is 9.28. The lowest BCUT2D eigenvalue weighted by Gasteiger charge is -2.28. The summed E-state index contributed by atoms with van der Waals surface area (Å²) in [5.41, 5.74) is 0. The quantitative estimate of drug-likeness (QED) is 0.593. The van der Waals surface area contributed by atoms with Crippen LogP contribution in [0, 0.1) is 0 Å². The monoisotopic (exact) mass is 244 g/mol. The molecule has 0 amide bonds. The zero-order valence-electron chi connectivity index (χ0n) is 12.1. The Hall–Kier alpha value is 0.137. The SMILES string of the molecule is CCCN(CCC)CCN[Si](C)(CC)CC. The van der Waals surface area contributed by atoms with E-state index in [4.69, 9.17) is 0 Å². The molecule has 0 aliphatic rings. The lowest BCUT2D eigenvalue weighted by atomic mass is 10.3. The van der Waals surface area contributed by atoms with Gasteiger partial charge in [-0.05, 0) is 38.0 Å². The first-order valence-electron chi connectivity index (χ1n) is 7.09. The van der Waals surface area contributed by atoms with Crippen molar-refractivity contribution in [3.63, 3.8) is 0 Å². The number of hydrogen-bond acceptors (Lipinski definition) is 2. The van der Waals surface area contributed by atoms with Crippen LogP contribution < -0.4 is 4.98 Å². The van der Waals surface area contributed by atoms with E-state index in [9.17, 15) is 0 Å². The molecule has 0 aliphatic carbocycles. The van der Waals surface area contributed by atoms with Gasteiger partial charge in [0.25, 0.3) is 0 Å². The van der Waals surface area contributed by atoms with Crippen LogP contribution in [-0.4, -0.2) is 39.3 Å². The molecule has 0 unspecified atom stereocenters. The highest BCUT2D eigenvalue weighted by Crippen LogP contribution is 2.09. The molecule has 0 aromatic carbocycles. The number of rotatable bonds is 10. The van der Waals surface area contributed by atoms with Crippen molar-refractivity contribution in [2.75, 3.05) is 26.2 Å². The maximum Gasteiger partial charge on any atom is 0.122 e. The molecular weight excluding hydrogens is 212 g/mol. The summed E-state index contributed by atoms with van der Waals surface area (Å²) in [7, 11) is -1.09. The van der Waals surface area contributed by atoms with Gasteiger partial charge in [-0.1, -0.05) is 34.2 Å². The van der Waals surface area contributed by atoms with E-state index in [0.717, 1.165) is 0 Å². The molecule has 0 saturated heterocycles. The van der Waals surface area contributed by atoms with Crippen LogP contribution in [-0.2, 0) is 0 Å². The third-order valence-electron chi connectivity index (χ3n) is 3.62. The predicted molar refractivity (Wildman–Crippen MR) is 77.6 cm³/mol. The molecule has 0 saturated carbocycles.